The molecule has 2 N–H and O–H groups in total. The van der Waals surface area contributed by atoms with E-state index >= 15 is 0 Å². The Hall–Kier alpha value is -0.660. The van der Waals surface area contributed by atoms with E-state index in [2.05, 4.69) is 0 Å². The number of hydrogen-bond donors (Lipinski definition) is 1. The van der Waals surface area contributed by atoms with Crippen LogP contribution in [0.2, 0.25) is 0 Å². The van der Waals surface area contributed by atoms with Gasteiger partial charge < -0.3 is 10.6 Å². The van der Waals surface area contributed by atoms with E-state index < -0.39 is 10.0 Å². The minimum absolute atomic E-state index is 0.0922. The number of nitrogens with two attached hydrogens (primary N) is 1. The van der Waals surface area contributed by atoms with E-state index in [-0.39, 0.29) is 18.5 Å². The molecule has 1 amide bonds. The van der Waals surface area contributed by atoms with Crippen LogP contribution in [-0.2, 0) is 14.8 Å². The first kappa shape index (κ1) is 14.3. The molecule has 0 heterocycles. The molecule has 1 unspecified atom stereocenters. The lowest BCUT2D eigenvalue weighted by molar-refractivity contribution is -0.131. The van der Waals surface area contributed by atoms with Crippen molar-refractivity contribution in [2.24, 2.45) is 5.73 Å². The lowest BCUT2D eigenvalue weighted by Gasteiger charge is -2.25. The molecule has 0 aliphatic heterocycles. The van der Waals surface area contributed by atoms with E-state index in [1.807, 2.05) is 0 Å². The summed E-state index contributed by atoms with van der Waals surface area (Å²) in [6.45, 7) is 2.00. The molecular formula is C8H19N3O3S. The second kappa shape index (κ2) is 5.43. The van der Waals surface area contributed by atoms with Crippen molar-refractivity contribution in [2.75, 3.05) is 33.4 Å². The maximum absolute atomic E-state index is 11.6. The zero-order chi connectivity index (χ0) is 12.2. The van der Waals surface area contributed by atoms with Gasteiger partial charge in [-0.25, -0.2) is 8.42 Å². The minimum Gasteiger partial charge on any atom is -0.341 e. The van der Waals surface area contributed by atoms with E-state index in [4.69, 9.17) is 5.73 Å². The first-order valence-electron chi connectivity index (χ1n) is 4.57. The van der Waals surface area contributed by atoms with Crippen molar-refractivity contribution in [2.45, 2.75) is 13.0 Å². The molecular weight excluding hydrogens is 218 g/mol. The van der Waals surface area contributed by atoms with Crippen LogP contribution in [0.1, 0.15) is 6.92 Å². The van der Waals surface area contributed by atoms with Crippen LogP contribution < -0.4 is 5.73 Å². The molecule has 0 saturated carbocycles. The van der Waals surface area contributed by atoms with Crippen LogP contribution >= 0.6 is 0 Å². The first-order valence-corrected chi connectivity index (χ1v) is 6.42. The van der Waals surface area contributed by atoms with Crippen molar-refractivity contribution in [3.8, 4) is 0 Å². The topological polar surface area (TPSA) is 83.7 Å². The van der Waals surface area contributed by atoms with Crippen LogP contribution in [0.15, 0.2) is 0 Å². The third-order valence-electron chi connectivity index (χ3n) is 2.32. The highest BCUT2D eigenvalue weighted by Crippen LogP contribution is 1.98. The van der Waals surface area contributed by atoms with Crippen LogP contribution in [0.3, 0.4) is 0 Å². The van der Waals surface area contributed by atoms with Crippen LogP contribution in [0.4, 0.5) is 0 Å². The van der Waals surface area contributed by atoms with Crippen LogP contribution in [0.25, 0.3) is 0 Å². The van der Waals surface area contributed by atoms with Gasteiger partial charge in [-0.3, -0.25) is 4.79 Å². The summed E-state index contributed by atoms with van der Waals surface area (Å²) in [5.41, 5.74) is 5.40. The minimum atomic E-state index is -3.31. The number of carbonyl (C=O) groups is 1. The summed E-state index contributed by atoms with van der Waals surface area (Å²) in [5.74, 6) is -0.263. The van der Waals surface area contributed by atoms with Crippen molar-refractivity contribution in [1.82, 2.24) is 9.21 Å². The Kier molecular flexibility index (Phi) is 5.19. The maximum Gasteiger partial charge on any atom is 0.237 e. The first-order chi connectivity index (χ1) is 6.70. The second-order valence-electron chi connectivity index (χ2n) is 3.61. The smallest absolute Gasteiger partial charge is 0.237 e. The van der Waals surface area contributed by atoms with Crippen LogP contribution in [0, 0.1) is 0 Å². The lowest BCUT2D eigenvalue weighted by Crippen LogP contribution is -2.45. The molecule has 1 atom stereocenters. The van der Waals surface area contributed by atoms with Gasteiger partial charge in [0.05, 0.1) is 12.8 Å². The molecule has 0 aromatic rings. The molecule has 0 spiro atoms. The highest BCUT2D eigenvalue weighted by atomic mass is 32.2. The van der Waals surface area contributed by atoms with Crippen molar-refractivity contribution in [1.29, 1.82) is 0 Å². The second-order valence-corrected chi connectivity index (χ2v) is 5.70. The summed E-state index contributed by atoms with van der Waals surface area (Å²) in [5, 5.41) is 0. The van der Waals surface area contributed by atoms with Gasteiger partial charge in [0.2, 0.25) is 15.9 Å². The molecule has 0 radical (unpaired) electrons. The van der Waals surface area contributed by atoms with Gasteiger partial charge in [-0.05, 0) is 6.92 Å². The standard InChI is InChI=1S/C8H19N3O3S/c1-7(5-9)11(3)8(12)6-10(2)15(4,13)14/h7H,5-6,9H2,1-4H3. The molecule has 0 aromatic carbocycles. The van der Waals surface area contributed by atoms with E-state index in [0.29, 0.717) is 6.54 Å². The van der Waals surface area contributed by atoms with E-state index in [0.717, 1.165) is 10.6 Å². The van der Waals surface area contributed by atoms with E-state index in [1.165, 1.54) is 11.9 Å². The van der Waals surface area contributed by atoms with Gasteiger partial charge in [-0.2, -0.15) is 4.31 Å². The fraction of sp³-hybridized carbons (Fsp3) is 0.875. The van der Waals surface area contributed by atoms with Crippen molar-refractivity contribution < 1.29 is 13.2 Å². The van der Waals surface area contributed by atoms with Gasteiger partial charge in [-0.1, -0.05) is 0 Å². The van der Waals surface area contributed by atoms with Crippen molar-refractivity contribution in [3.05, 3.63) is 0 Å². The van der Waals surface area contributed by atoms with E-state index in [9.17, 15) is 13.2 Å². The average molecular weight is 237 g/mol. The monoisotopic (exact) mass is 237 g/mol. The van der Waals surface area contributed by atoms with Gasteiger partial charge in [-0.15, -0.1) is 0 Å². The molecule has 0 rings (SSSR count). The Morgan fingerprint density at radius 3 is 2.20 bits per heavy atom. The highest BCUT2D eigenvalue weighted by molar-refractivity contribution is 7.88. The van der Waals surface area contributed by atoms with E-state index in [1.54, 1.807) is 14.0 Å². The zero-order valence-electron chi connectivity index (χ0n) is 9.60. The summed E-state index contributed by atoms with van der Waals surface area (Å²) in [6, 6.07) is -0.0922. The van der Waals surface area contributed by atoms with Gasteiger partial charge >= 0.3 is 0 Å². The Morgan fingerprint density at radius 2 is 1.87 bits per heavy atom. The van der Waals surface area contributed by atoms with Crippen molar-refractivity contribution in [3.63, 3.8) is 0 Å². The molecule has 0 aliphatic carbocycles. The quantitative estimate of drug-likeness (QED) is 0.643. The summed E-state index contributed by atoms with van der Waals surface area (Å²) in [7, 11) is -0.333. The van der Waals surface area contributed by atoms with Crippen LogP contribution in [0.5, 0.6) is 0 Å². The summed E-state index contributed by atoms with van der Waals surface area (Å²) in [6.07, 6.45) is 1.06. The molecule has 0 fully saturated rings. The number of nitrogens with zero attached hydrogens (tertiary/aromatic N) is 2. The normalized spacial score (nSPS) is 14.0. The molecule has 0 aliphatic rings. The molecule has 90 valence electrons. The molecule has 6 nitrogen and oxygen atoms in total. The fourth-order valence-electron chi connectivity index (χ4n) is 0.823. The molecule has 7 heteroatoms. The number of carbonyl (C=O) groups excluding carboxylic acids is 1. The Bertz CT molecular complexity index is 315. The lowest BCUT2D eigenvalue weighted by atomic mass is 10.3. The fourth-order valence-corrected chi connectivity index (χ4v) is 1.17. The summed E-state index contributed by atoms with van der Waals surface area (Å²) in [4.78, 5) is 13.0. The van der Waals surface area contributed by atoms with Gasteiger partial charge in [0.25, 0.3) is 0 Å². The number of likely N-dealkylation sites (N-methyl/N-ethyl adjacent to an activating group) is 2. The molecule has 0 saturated heterocycles. The average Bonchev–Trinajstić information content (AvgIpc) is 2.13. The summed E-state index contributed by atoms with van der Waals surface area (Å²) < 4.78 is 23.1. The van der Waals surface area contributed by atoms with Gasteiger partial charge in [0.1, 0.15) is 0 Å². The number of hydrogen-bond acceptors (Lipinski definition) is 4. The number of sulfonamides is 1. The van der Waals surface area contributed by atoms with Gasteiger partial charge in [0.15, 0.2) is 0 Å². The predicted molar refractivity (Wildman–Crippen MR) is 58.8 cm³/mol. The maximum atomic E-state index is 11.6. The predicted octanol–water partition coefficient (Wildman–Crippen LogP) is -1.32. The SMILES string of the molecule is CC(CN)N(C)C(=O)CN(C)S(C)(=O)=O. The largest absolute Gasteiger partial charge is 0.341 e. The highest BCUT2D eigenvalue weighted by Gasteiger charge is 2.20. The third kappa shape index (κ3) is 4.59. The molecule has 0 bridgehead atoms. The number of amides is 1. The Labute approximate surface area is 91.1 Å². The number of rotatable bonds is 5. The third-order valence-corrected chi connectivity index (χ3v) is 3.58. The van der Waals surface area contributed by atoms with Gasteiger partial charge in [0, 0.05) is 26.7 Å². The zero-order valence-corrected chi connectivity index (χ0v) is 10.4. The molecule has 0 aromatic heterocycles. The molecule has 15 heavy (non-hydrogen) atoms. The Balaban J connectivity index is 4.38. The van der Waals surface area contributed by atoms with Crippen LogP contribution in [-0.4, -0.2) is 63.0 Å². The van der Waals surface area contributed by atoms with Crippen molar-refractivity contribution >= 4 is 15.9 Å². The summed E-state index contributed by atoms with van der Waals surface area (Å²) >= 11 is 0. The Morgan fingerprint density at radius 1 is 1.40 bits per heavy atom.